The van der Waals surface area contributed by atoms with Crippen molar-refractivity contribution in [2.45, 2.75) is 11.3 Å². The van der Waals surface area contributed by atoms with E-state index < -0.39 is 10.0 Å². The van der Waals surface area contributed by atoms with Gasteiger partial charge in [-0.1, -0.05) is 30.3 Å². The fraction of sp³-hybridized carbons (Fsp3) is 0.105. The maximum Gasteiger partial charge on any atom is 0.263 e. The number of ether oxygens (including phenoxy) is 1. The van der Waals surface area contributed by atoms with Crippen molar-refractivity contribution in [2.75, 3.05) is 17.1 Å². The number of methoxy groups -OCH3 is 1. The van der Waals surface area contributed by atoms with Crippen LogP contribution in [0.5, 0.6) is 5.88 Å². The molecule has 0 saturated carbocycles. The van der Waals surface area contributed by atoms with Crippen LogP contribution in [0.4, 0.5) is 11.5 Å². The van der Waals surface area contributed by atoms with E-state index >= 15 is 0 Å². The van der Waals surface area contributed by atoms with E-state index in [2.05, 4.69) is 20.0 Å². The summed E-state index contributed by atoms with van der Waals surface area (Å²) in [6.07, 6.45) is 2.98. The van der Waals surface area contributed by atoms with E-state index in [1.54, 1.807) is 0 Å². The van der Waals surface area contributed by atoms with Crippen molar-refractivity contribution < 1.29 is 17.9 Å². The lowest BCUT2D eigenvalue weighted by Crippen LogP contribution is -2.16. The number of amides is 1. The number of nitrogens with one attached hydrogen (secondary N) is 2. The van der Waals surface area contributed by atoms with Gasteiger partial charge in [0.05, 0.1) is 18.4 Å². The molecular weight excluding hydrogens is 380 g/mol. The molecule has 0 aliphatic rings. The van der Waals surface area contributed by atoms with E-state index in [1.807, 2.05) is 30.3 Å². The average Bonchev–Trinajstić information content (AvgIpc) is 2.69. The van der Waals surface area contributed by atoms with E-state index in [9.17, 15) is 13.2 Å². The minimum absolute atomic E-state index is 0.00904. The van der Waals surface area contributed by atoms with Crippen LogP contribution in [-0.2, 0) is 21.2 Å². The van der Waals surface area contributed by atoms with E-state index in [4.69, 9.17) is 4.74 Å². The molecule has 1 heterocycles. The molecule has 8 nitrogen and oxygen atoms in total. The van der Waals surface area contributed by atoms with Gasteiger partial charge >= 0.3 is 0 Å². The summed E-state index contributed by atoms with van der Waals surface area (Å²) in [6.45, 7) is 0. The van der Waals surface area contributed by atoms with Crippen LogP contribution in [0.25, 0.3) is 0 Å². The van der Waals surface area contributed by atoms with Crippen LogP contribution in [0.15, 0.2) is 71.9 Å². The van der Waals surface area contributed by atoms with Crippen molar-refractivity contribution in [3.63, 3.8) is 0 Å². The molecule has 0 saturated heterocycles. The molecule has 0 fully saturated rings. The Morgan fingerprint density at radius 1 is 1.00 bits per heavy atom. The number of carbonyl (C=O) groups excluding carboxylic acids is 1. The summed E-state index contributed by atoms with van der Waals surface area (Å²) in [5, 5.41) is 2.74. The van der Waals surface area contributed by atoms with Crippen molar-refractivity contribution in [3.8, 4) is 5.88 Å². The first-order valence-electron chi connectivity index (χ1n) is 8.29. The first-order valence-corrected chi connectivity index (χ1v) is 9.78. The molecule has 9 heteroatoms. The van der Waals surface area contributed by atoms with Gasteiger partial charge in [0.2, 0.25) is 11.7 Å². The predicted molar refractivity (Wildman–Crippen MR) is 105 cm³/mol. The Morgan fingerprint density at radius 2 is 1.68 bits per heavy atom. The first kappa shape index (κ1) is 19.3. The van der Waals surface area contributed by atoms with Gasteiger partial charge < -0.3 is 10.1 Å². The number of aromatic nitrogens is 2. The quantitative estimate of drug-likeness (QED) is 0.633. The molecule has 0 bridgehead atoms. The minimum Gasteiger partial charge on any atom is -0.478 e. The van der Waals surface area contributed by atoms with E-state index in [1.165, 1.54) is 43.8 Å². The molecule has 0 spiro atoms. The van der Waals surface area contributed by atoms with Crippen LogP contribution in [-0.4, -0.2) is 31.4 Å². The number of rotatable bonds is 7. The third-order valence-electron chi connectivity index (χ3n) is 3.74. The molecule has 3 aromatic rings. The molecule has 28 heavy (non-hydrogen) atoms. The predicted octanol–water partition coefficient (Wildman–Crippen LogP) is 2.47. The maximum absolute atomic E-state index is 12.5. The summed E-state index contributed by atoms with van der Waals surface area (Å²) in [5.41, 5.74) is 1.39. The Labute approximate surface area is 162 Å². The Balaban J connectivity index is 1.68. The Hall–Kier alpha value is -3.46. The highest BCUT2D eigenvalue weighted by atomic mass is 32.2. The molecule has 3 rings (SSSR count). The molecular formula is C19H18N4O4S. The first-order chi connectivity index (χ1) is 13.5. The Morgan fingerprint density at radius 3 is 2.36 bits per heavy atom. The summed E-state index contributed by atoms with van der Waals surface area (Å²) >= 11 is 0. The highest BCUT2D eigenvalue weighted by Crippen LogP contribution is 2.22. The van der Waals surface area contributed by atoms with Crippen molar-refractivity contribution in [1.82, 2.24) is 9.97 Å². The summed E-state index contributed by atoms with van der Waals surface area (Å²) in [4.78, 5) is 19.9. The lowest BCUT2D eigenvalue weighted by molar-refractivity contribution is -0.115. The van der Waals surface area contributed by atoms with Crippen molar-refractivity contribution in [3.05, 3.63) is 72.6 Å². The van der Waals surface area contributed by atoms with Gasteiger partial charge in [-0.05, 0) is 29.8 Å². The molecule has 0 radical (unpaired) electrons. The molecule has 1 aromatic heterocycles. The zero-order valence-electron chi connectivity index (χ0n) is 15.0. The summed E-state index contributed by atoms with van der Waals surface area (Å²) < 4.78 is 32.4. The van der Waals surface area contributed by atoms with Crippen LogP contribution >= 0.6 is 0 Å². The molecule has 144 valence electrons. The second-order valence-electron chi connectivity index (χ2n) is 5.75. The normalized spacial score (nSPS) is 10.9. The van der Waals surface area contributed by atoms with Crippen LogP contribution in [0, 0.1) is 0 Å². The Bertz CT molecular complexity index is 1050. The second kappa shape index (κ2) is 8.49. The van der Waals surface area contributed by atoms with Crippen LogP contribution in [0.3, 0.4) is 0 Å². The number of carbonyl (C=O) groups is 1. The number of anilines is 2. The topological polar surface area (TPSA) is 110 Å². The number of benzene rings is 2. The van der Waals surface area contributed by atoms with Gasteiger partial charge in [0.1, 0.15) is 0 Å². The van der Waals surface area contributed by atoms with E-state index in [0.717, 1.165) is 5.56 Å². The number of hydrogen-bond donors (Lipinski definition) is 2. The van der Waals surface area contributed by atoms with Gasteiger partial charge in [0.15, 0.2) is 0 Å². The molecule has 0 atom stereocenters. The van der Waals surface area contributed by atoms with Gasteiger partial charge in [-0.15, -0.1) is 0 Å². The van der Waals surface area contributed by atoms with Crippen LogP contribution in [0.2, 0.25) is 0 Å². The summed E-state index contributed by atoms with van der Waals surface area (Å²) in [5.74, 6) is -0.134. The Kier molecular flexibility index (Phi) is 5.85. The van der Waals surface area contributed by atoms with Crippen molar-refractivity contribution >= 4 is 27.4 Å². The molecule has 0 aliphatic carbocycles. The van der Waals surface area contributed by atoms with Crippen LogP contribution < -0.4 is 14.8 Å². The third kappa shape index (κ3) is 4.83. The fourth-order valence-electron chi connectivity index (χ4n) is 2.43. The standard InChI is InChI=1S/C19H18N4O4S/c1-27-19-18(20-11-12-21-19)23-28(25,26)16-9-7-15(8-10-16)22-17(24)13-14-5-3-2-4-6-14/h2-12H,13H2,1H3,(H,20,23)(H,22,24). The summed E-state index contributed by atoms with van der Waals surface area (Å²) in [6, 6.07) is 15.2. The van der Waals surface area contributed by atoms with Gasteiger partial charge in [-0.25, -0.2) is 18.4 Å². The van der Waals surface area contributed by atoms with Crippen molar-refractivity contribution in [1.29, 1.82) is 0 Å². The van der Waals surface area contributed by atoms with E-state index in [-0.39, 0.29) is 28.9 Å². The van der Waals surface area contributed by atoms with Gasteiger partial charge in [0.25, 0.3) is 15.9 Å². The molecule has 2 N–H and O–H groups in total. The molecule has 0 unspecified atom stereocenters. The largest absolute Gasteiger partial charge is 0.478 e. The van der Waals surface area contributed by atoms with Crippen molar-refractivity contribution in [2.24, 2.45) is 0 Å². The maximum atomic E-state index is 12.5. The highest BCUT2D eigenvalue weighted by Gasteiger charge is 2.18. The van der Waals surface area contributed by atoms with Gasteiger partial charge in [-0.3, -0.25) is 9.52 Å². The second-order valence-corrected chi connectivity index (χ2v) is 7.44. The zero-order chi connectivity index (χ0) is 20.0. The number of sulfonamides is 1. The smallest absolute Gasteiger partial charge is 0.263 e. The lowest BCUT2D eigenvalue weighted by Gasteiger charge is -2.10. The minimum atomic E-state index is -3.88. The lowest BCUT2D eigenvalue weighted by atomic mass is 10.1. The monoisotopic (exact) mass is 398 g/mol. The highest BCUT2D eigenvalue weighted by molar-refractivity contribution is 7.92. The van der Waals surface area contributed by atoms with Gasteiger partial charge in [0, 0.05) is 18.1 Å². The molecule has 2 aromatic carbocycles. The zero-order valence-corrected chi connectivity index (χ0v) is 15.8. The average molecular weight is 398 g/mol. The SMILES string of the molecule is COc1nccnc1NS(=O)(=O)c1ccc(NC(=O)Cc2ccccc2)cc1. The fourth-order valence-corrected chi connectivity index (χ4v) is 3.44. The summed E-state index contributed by atoms with van der Waals surface area (Å²) in [7, 11) is -2.52. The molecule has 1 amide bonds. The molecule has 0 aliphatic heterocycles. The third-order valence-corrected chi connectivity index (χ3v) is 5.10. The van der Waals surface area contributed by atoms with E-state index in [0.29, 0.717) is 5.69 Å². The number of nitrogens with zero attached hydrogens (tertiary/aromatic N) is 2. The van der Waals surface area contributed by atoms with Crippen LogP contribution in [0.1, 0.15) is 5.56 Å². The number of hydrogen-bond acceptors (Lipinski definition) is 6. The van der Waals surface area contributed by atoms with Gasteiger partial charge in [-0.2, -0.15) is 0 Å².